The molecular weight excluding hydrogens is 494 g/mol. The Bertz CT molecular complexity index is 1710. The summed E-state index contributed by atoms with van der Waals surface area (Å²) in [6.07, 6.45) is 1.54. The molecule has 0 unspecified atom stereocenters. The second-order valence-electron chi connectivity index (χ2n) is 7.74. The Morgan fingerprint density at radius 3 is 2.60 bits per heavy atom. The Labute approximate surface area is 207 Å². The van der Waals surface area contributed by atoms with Gasteiger partial charge in [-0.2, -0.15) is 0 Å². The molecular formula is C25H17Cl2FN4O3. The lowest BCUT2D eigenvalue weighted by Crippen LogP contribution is -2.24. The molecule has 0 amide bonds. The first-order valence-corrected chi connectivity index (χ1v) is 11.2. The zero-order valence-electron chi connectivity index (χ0n) is 18.3. The van der Waals surface area contributed by atoms with Crippen molar-refractivity contribution in [1.82, 2.24) is 19.3 Å². The van der Waals surface area contributed by atoms with Crippen LogP contribution in [0.3, 0.4) is 0 Å². The number of benzene rings is 2. The zero-order valence-corrected chi connectivity index (χ0v) is 19.8. The van der Waals surface area contributed by atoms with Crippen LogP contribution >= 0.6 is 23.2 Å². The van der Waals surface area contributed by atoms with Gasteiger partial charge in [0.25, 0.3) is 11.1 Å². The van der Waals surface area contributed by atoms with E-state index in [0.717, 1.165) is 6.07 Å². The van der Waals surface area contributed by atoms with E-state index in [2.05, 4.69) is 10.1 Å². The van der Waals surface area contributed by atoms with E-state index in [-0.39, 0.29) is 33.7 Å². The van der Waals surface area contributed by atoms with Crippen LogP contribution < -0.4 is 15.9 Å². The van der Waals surface area contributed by atoms with Crippen molar-refractivity contribution in [2.45, 2.75) is 6.54 Å². The van der Waals surface area contributed by atoms with E-state index >= 15 is 4.39 Å². The van der Waals surface area contributed by atoms with E-state index in [1.165, 1.54) is 34.6 Å². The highest BCUT2D eigenvalue weighted by atomic mass is 35.5. The molecule has 5 aromatic rings. The lowest BCUT2D eigenvalue weighted by atomic mass is 10.1. The maximum absolute atomic E-state index is 15.2. The molecule has 5 rings (SSSR count). The lowest BCUT2D eigenvalue weighted by Gasteiger charge is -2.15. The number of aromatic nitrogens is 4. The third-order valence-electron chi connectivity index (χ3n) is 5.59. The van der Waals surface area contributed by atoms with Crippen LogP contribution in [0.1, 0.15) is 5.56 Å². The number of hydrogen-bond donors (Lipinski definition) is 1. The van der Waals surface area contributed by atoms with E-state index in [0.29, 0.717) is 22.2 Å². The Hall–Kier alpha value is -3.88. The molecule has 2 aromatic carbocycles. The van der Waals surface area contributed by atoms with Crippen molar-refractivity contribution >= 4 is 34.1 Å². The number of hydrogen-bond acceptors (Lipinski definition) is 4. The van der Waals surface area contributed by atoms with Crippen molar-refractivity contribution in [1.29, 1.82) is 0 Å². The Balaban J connectivity index is 1.85. The summed E-state index contributed by atoms with van der Waals surface area (Å²) in [7, 11) is 1.48. The fraction of sp³-hybridized carbons (Fsp3) is 0.0800. The van der Waals surface area contributed by atoms with Crippen LogP contribution in [0.25, 0.3) is 27.8 Å². The number of rotatable bonds is 5. The first-order valence-electron chi connectivity index (χ1n) is 10.4. The number of H-pyrrole nitrogens is 1. The molecule has 0 aliphatic rings. The third-order valence-corrected chi connectivity index (χ3v) is 6.14. The number of pyridine rings is 2. The number of aromatic amines is 1. The minimum Gasteiger partial charge on any atom is -0.481 e. The van der Waals surface area contributed by atoms with Crippen molar-refractivity contribution in [2.75, 3.05) is 7.11 Å². The first kappa shape index (κ1) is 22.9. The lowest BCUT2D eigenvalue weighted by molar-refractivity contribution is 0.397. The molecule has 35 heavy (non-hydrogen) atoms. The predicted octanol–water partition coefficient (Wildman–Crippen LogP) is 5.05. The fourth-order valence-corrected chi connectivity index (χ4v) is 4.38. The highest BCUT2D eigenvalue weighted by Gasteiger charge is 2.22. The van der Waals surface area contributed by atoms with Crippen molar-refractivity contribution in [3.8, 4) is 22.8 Å². The van der Waals surface area contributed by atoms with Crippen LogP contribution in [0.2, 0.25) is 10.0 Å². The summed E-state index contributed by atoms with van der Waals surface area (Å²) in [5.74, 6) is -0.311. The van der Waals surface area contributed by atoms with Gasteiger partial charge in [0.2, 0.25) is 5.88 Å². The molecule has 0 bridgehead atoms. The number of methoxy groups -OCH3 is 1. The second kappa shape index (κ2) is 9.05. The van der Waals surface area contributed by atoms with Gasteiger partial charge in [0.05, 0.1) is 41.0 Å². The molecule has 3 aromatic heterocycles. The van der Waals surface area contributed by atoms with Gasteiger partial charge in [0.15, 0.2) is 0 Å². The van der Waals surface area contributed by atoms with Gasteiger partial charge in [-0.1, -0.05) is 35.3 Å². The molecule has 3 heterocycles. The van der Waals surface area contributed by atoms with Gasteiger partial charge in [-0.25, -0.2) is 14.1 Å². The fourth-order valence-electron chi connectivity index (χ4n) is 4.00. The number of para-hydroxylation sites is 1. The zero-order chi connectivity index (χ0) is 24.7. The summed E-state index contributed by atoms with van der Waals surface area (Å²) in [6, 6.07) is 15.5. The predicted molar refractivity (Wildman–Crippen MR) is 133 cm³/mol. The van der Waals surface area contributed by atoms with Crippen molar-refractivity contribution in [3.05, 3.63) is 109 Å². The Kier molecular flexibility index (Phi) is 5.92. The number of nitrogens with one attached hydrogen (secondary N) is 1. The molecule has 176 valence electrons. The van der Waals surface area contributed by atoms with Gasteiger partial charge in [0, 0.05) is 28.9 Å². The van der Waals surface area contributed by atoms with E-state index in [1.54, 1.807) is 42.6 Å². The summed E-state index contributed by atoms with van der Waals surface area (Å²) in [6.45, 7) is 0.0434. The van der Waals surface area contributed by atoms with Crippen LogP contribution in [-0.2, 0) is 6.54 Å². The molecule has 0 aliphatic carbocycles. The van der Waals surface area contributed by atoms with E-state index in [1.807, 2.05) is 0 Å². The summed E-state index contributed by atoms with van der Waals surface area (Å²) in [5, 5.41) is 3.59. The monoisotopic (exact) mass is 510 g/mol. The maximum Gasteiger partial charge on any atom is 0.281 e. The molecule has 1 N–H and O–H groups in total. The molecule has 7 nitrogen and oxygen atoms in total. The van der Waals surface area contributed by atoms with Crippen LogP contribution in [0.4, 0.5) is 4.39 Å². The molecule has 0 saturated carbocycles. The van der Waals surface area contributed by atoms with Crippen LogP contribution in [0.15, 0.2) is 76.4 Å². The average Bonchev–Trinajstić information content (AvgIpc) is 3.16. The molecule has 10 heteroatoms. The van der Waals surface area contributed by atoms with E-state index in [4.69, 9.17) is 27.9 Å². The Morgan fingerprint density at radius 2 is 1.86 bits per heavy atom. The summed E-state index contributed by atoms with van der Waals surface area (Å²) in [4.78, 5) is 31.0. The van der Waals surface area contributed by atoms with Gasteiger partial charge in [-0.15, -0.1) is 0 Å². The van der Waals surface area contributed by atoms with Crippen molar-refractivity contribution in [3.63, 3.8) is 0 Å². The van der Waals surface area contributed by atoms with Crippen LogP contribution in [0.5, 0.6) is 5.88 Å². The number of ether oxygens (including phenoxy) is 1. The van der Waals surface area contributed by atoms with Gasteiger partial charge < -0.3 is 9.30 Å². The standard InChI is InChI=1S/C25H17Cl2FN4O3/c1-35-21-10-14(8-9-29-21)13-31-22(33)12-19-23(24(31)16-7-6-15(26)11-18(16)28)25(34)32(30-19)20-5-3-2-4-17(20)27/h2-12,30H,13H2,1H3. The number of fused-ring (bicyclic) bond motifs is 1. The minimum absolute atomic E-state index is 0.0434. The van der Waals surface area contributed by atoms with Gasteiger partial charge in [0.1, 0.15) is 5.82 Å². The van der Waals surface area contributed by atoms with Crippen LogP contribution in [-0.4, -0.2) is 26.4 Å². The maximum atomic E-state index is 15.2. The molecule has 0 saturated heterocycles. The second-order valence-corrected chi connectivity index (χ2v) is 8.58. The SMILES string of the molecule is COc1cc(Cn2c(-c3ccc(Cl)cc3F)c3c(=O)n(-c4ccccc4Cl)[nH]c3cc2=O)ccn1. The normalized spacial score (nSPS) is 11.2. The number of nitrogens with zero attached hydrogens (tertiary/aromatic N) is 3. The molecule has 0 fully saturated rings. The minimum atomic E-state index is -0.671. The average molecular weight is 511 g/mol. The van der Waals surface area contributed by atoms with Crippen LogP contribution in [0, 0.1) is 5.82 Å². The topological polar surface area (TPSA) is 81.9 Å². The summed E-state index contributed by atoms with van der Waals surface area (Å²) >= 11 is 12.3. The highest BCUT2D eigenvalue weighted by molar-refractivity contribution is 6.32. The molecule has 0 aliphatic heterocycles. The quantitative estimate of drug-likeness (QED) is 0.358. The van der Waals surface area contributed by atoms with Crippen molar-refractivity contribution < 1.29 is 9.13 Å². The summed E-state index contributed by atoms with van der Waals surface area (Å²) in [5.41, 5.74) is 0.563. The van der Waals surface area contributed by atoms with Gasteiger partial charge in [-0.05, 0) is 42.0 Å². The molecule has 0 radical (unpaired) electrons. The molecule has 0 spiro atoms. The highest BCUT2D eigenvalue weighted by Crippen LogP contribution is 2.30. The van der Waals surface area contributed by atoms with Gasteiger partial charge >= 0.3 is 0 Å². The molecule has 0 atom stereocenters. The Morgan fingerprint density at radius 1 is 1.06 bits per heavy atom. The van der Waals surface area contributed by atoms with E-state index in [9.17, 15) is 9.59 Å². The summed E-state index contributed by atoms with van der Waals surface area (Å²) < 4.78 is 23.0. The number of halogens is 3. The van der Waals surface area contributed by atoms with Gasteiger partial charge in [-0.3, -0.25) is 14.7 Å². The third kappa shape index (κ3) is 4.11. The first-order chi connectivity index (χ1) is 16.9. The van der Waals surface area contributed by atoms with E-state index < -0.39 is 16.9 Å². The van der Waals surface area contributed by atoms with Crippen molar-refractivity contribution in [2.24, 2.45) is 0 Å². The smallest absolute Gasteiger partial charge is 0.281 e. The largest absolute Gasteiger partial charge is 0.481 e.